The fourth-order valence-corrected chi connectivity index (χ4v) is 3.18. The molecule has 3 aromatic heterocycles. The van der Waals surface area contributed by atoms with Gasteiger partial charge in [0.1, 0.15) is 4.88 Å². The van der Waals surface area contributed by atoms with Crippen LogP contribution >= 0.6 is 22.7 Å². The van der Waals surface area contributed by atoms with Crippen LogP contribution in [0.15, 0.2) is 21.3 Å². The van der Waals surface area contributed by atoms with E-state index in [1.807, 2.05) is 23.8 Å². The van der Waals surface area contributed by atoms with Crippen molar-refractivity contribution in [2.75, 3.05) is 0 Å². The fourth-order valence-electron chi connectivity index (χ4n) is 1.74. The van der Waals surface area contributed by atoms with Crippen LogP contribution in [-0.4, -0.2) is 21.1 Å². The number of hydrogen-bond donors (Lipinski definition) is 0. The van der Waals surface area contributed by atoms with Crippen LogP contribution in [0.5, 0.6) is 0 Å². The minimum Gasteiger partial charge on any atom is -0.451 e. The van der Waals surface area contributed by atoms with E-state index >= 15 is 0 Å². The number of hydrogen-bond acceptors (Lipinski definition) is 8. The van der Waals surface area contributed by atoms with E-state index in [-0.39, 0.29) is 12.5 Å². The third kappa shape index (κ3) is 3.01. The molecule has 8 heteroatoms. The normalized spacial score (nSPS) is 10.8. The van der Waals surface area contributed by atoms with Crippen molar-refractivity contribution in [1.82, 2.24) is 15.1 Å². The lowest BCUT2D eigenvalue weighted by Gasteiger charge is -1.99. The lowest BCUT2D eigenvalue weighted by Crippen LogP contribution is -2.05. The topological polar surface area (TPSA) is 78.1 Å². The van der Waals surface area contributed by atoms with Crippen LogP contribution in [0.3, 0.4) is 0 Å². The van der Waals surface area contributed by atoms with Crippen LogP contribution in [-0.2, 0) is 11.3 Å². The van der Waals surface area contributed by atoms with E-state index in [1.165, 1.54) is 11.3 Å². The summed E-state index contributed by atoms with van der Waals surface area (Å²) in [7, 11) is 0. The van der Waals surface area contributed by atoms with E-state index in [0.29, 0.717) is 16.4 Å². The second-order valence-electron chi connectivity index (χ2n) is 4.25. The summed E-state index contributed by atoms with van der Waals surface area (Å²) in [5.41, 5.74) is 1.56. The third-order valence-corrected chi connectivity index (χ3v) is 4.40. The Balaban J connectivity index is 1.65. The smallest absolute Gasteiger partial charge is 0.350 e. The number of aromatic nitrogens is 3. The molecule has 0 saturated heterocycles. The Morgan fingerprint density at radius 3 is 2.90 bits per heavy atom. The Bertz CT molecular complexity index is 762. The lowest BCUT2D eigenvalue weighted by molar-refractivity contribution is 0.0434. The Morgan fingerprint density at radius 2 is 2.24 bits per heavy atom. The van der Waals surface area contributed by atoms with Crippen molar-refractivity contribution in [1.29, 1.82) is 0 Å². The first-order valence-corrected chi connectivity index (χ1v) is 7.85. The zero-order valence-corrected chi connectivity index (χ0v) is 13.0. The van der Waals surface area contributed by atoms with Gasteiger partial charge in [-0.1, -0.05) is 5.16 Å². The number of carbonyl (C=O) groups excluding carboxylic acids is 1. The SMILES string of the molecule is Cc1nc(C)c(C(=O)OCc2nc(-c3ccsc3)no2)s1. The summed E-state index contributed by atoms with van der Waals surface area (Å²) in [6.45, 7) is 3.58. The van der Waals surface area contributed by atoms with Crippen molar-refractivity contribution in [3.8, 4) is 11.4 Å². The highest BCUT2D eigenvalue weighted by Crippen LogP contribution is 2.20. The minimum absolute atomic E-state index is 0.0492. The molecule has 21 heavy (non-hydrogen) atoms. The first-order chi connectivity index (χ1) is 10.1. The first kappa shape index (κ1) is 13.9. The standard InChI is InChI=1S/C13H11N3O3S2/c1-7-11(21-8(2)14-7)13(17)18-5-10-15-12(16-19-10)9-3-4-20-6-9/h3-4,6H,5H2,1-2H3. The van der Waals surface area contributed by atoms with E-state index < -0.39 is 5.97 Å². The van der Waals surface area contributed by atoms with Crippen molar-refractivity contribution < 1.29 is 14.1 Å². The molecule has 0 aliphatic carbocycles. The Morgan fingerprint density at radius 1 is 1.38 bits per heavy atom. The van der Waals surface area contributed by atoms with Gasteiger partial charge in [-0.2, -0.15) is 16.3 Å². The average molecular weight is 321 g/mol. The van der Waals surface area contributed by atoms with Crippen LogP contribution in [0, 0.1) is 13.8 Å². The van der Waals surface area contributed by atoms with Crippen molar-refractivity contribution in [2.45, 2.75) is 20.5 Å². The number of ether oxygens (including phenoxy) is 1. The summed E-state index contributed by atoms with van der Waals surface area (Å²) in [4.78, 5) is 20.8. The Labute approximate surface area is 128 Å². The van der Waals surface area contributed by atoms with Crippen LogP contribution in [0.2, 0.25) is 0 Å². The molecule has 6 nitrogen and oxygen atoms in total. The molecule has 0 bridgehead atoms. The van der Waals surface area contributed by atoms with Crippen molar-refractivity contribution >= 4 is 28.6 Å². The molecule has 3 heterocycles. The maximum Gasteiger partial charge on any atom is 0.350 e. The number of rotatable bonds is 4. The largest absolute Gasteiger partial charge is 0.451 e. The zero-order chi connectivity index (χ0) is 14.8. The number of aryl methyl sites for hydroxylation is 2. The predicted octanol–water partition coefficient (Wildman–Crippen LogP) is 3.23. The minimum atomic E-state index is -0.423. The maximum absolute atomic E-state index is 11.9. The second-order valence-corrected chi connectivity index (χ2v) is 6.23. The first-order valence-electron chi connectivity index (χ1n) is 6.10. The number of esters is 1. The summed E-state index contributed by atoms with van der Waals surface area (Å²) in [5.74, 6) is 0.337. The molecule has 3 rings (SSSR count). The van der Waals surface area contributed by atoms with Crippen molar-refractivity contribution in [3.63, 3.8) is 0 Å². The summed E-state index contributed by atoms with van der Waals surface area (Å²) in [5, 5.41) is 8.53. The molecule has 3 aromatic rings. The molecule has 0 unspecified atom stereocenters. The second kappa shape index (κ2) is 5.74. The van der Waals surface area contributed by atoms with Gasteiger partial charge in [-0.15, -0.1) is 11.3 Å². The molecule has 0 atom stereocenters. The highest BCUT2D eigenvalue weighted by molar-refractivity contribution is 7.13. The zero-order valence-electron chi connectivity index (χ0n) is 11.3. The Hall–Kier alpha value is -2.06. The molecular weight excluding hydrogens is 310 g/mol. The molecular formula is C13H11N3O3S2. The quantitative estimate of drug-likeness (QED) is 0.687. The van der Waals surface area contributed by atoms with Gasteiger partial charge in [-0.3, -0.25) is 0 Å². The summed E-state index contributed by atoms with van der Waals surface area (Å²) < 4.78 is 10.2. The third-order valence-electron chi connectivity index (χ3n) is 2.66. The molecule has 0 radical (unpaired) electrons. The van der Waals surface area contributed by atoms with E-state index in [2.05, 4.69) is 15.1 Å². The molecule has 0 N–H and O–H groups in total. The van der Waals surface area contributed by atoms with Gasteiger partial charge in [-0.05, 0) is 25.3 Å². The van der Waals surface area contributed by atoms with Crippen LogP contribution in [0.1, 0.15) is 26.3 Å². The van der Waals surface area contributed by atoms with Crippen LogP contribution < -0.4 is 0 Å². The van der Waals surface area contributed by atoms with Crippen molar-refractivity contribution in [2.24, 2.45) is 0 Å². The van der Waals surface area contributed by atoms with Gasteiger partial charge in [0.05, 0.1) is 10.7 Å². The molecule has 0 amide bonds. The highest BCUT2D eigenvalue weighted by atomic mass is 32.1. The van der Waals surface area contributed by atoms with Crippen LogP contribution in [0.4, 0.5) is 0 Å². The summed E-state index contributed by atoms with van der Waals surface area (Å²) in [6.07, 6.45) is 0. The Kier molecular flexibility index (Phi) is 3.80. The van der Waals surface area contributed by atoms with Gasteiger partial charge < -0.3 is 9.26 Å². The van der Waals surface area contributed by atoms with E-state index in [0.717, 1.165) is 10.6 Å². The van der Waals surface area contributed by atoms with Crippen LogP contribution in [0.25, 0.3) is 11.4 Å². The number of carbonyl (C=O) groups is 1. The van der Waals surface area contributed by atoms with Gasteiger partial charge in [0, 0.05) is 10.9 Å². The van der Waals surface area contributed by atoms with Gasteiger partial charge >= 0.3 is 5.97 Å². The molecule has 0 aliphatic rings. The molecule has 108 valence electrons. The van der Waals surface area contributed by atoms with Gasteiger partial charge in [0.2, 0.25) is 5.82 Å². The van der Waals surface area contributed by atoms with Gasteiger partial charge in [0.25, 0.3) is 5.89 Å². The molecule has 0 fully saturated rings. The molecule has 0 aliphatic heterocycles. The molecule has 0 saturated carbocycles. The van der Waals surface area contributed by atoms with Crippen molar-refractivity contribution in [3.05, 3.63) is 38.3 Å². The van der Waals surface area contributed by atoms with E-state index in [9.17, 15) is 4.79 Å². The van der Waals surface area contributed by atoms with Gasteiger partial charge in [-0.25, -0.2) is 9.78 Å². The number of thiophene rings is 1. The monoisotopic (exact) mass is 321 g/mol. The van der Waals surface area contributed by atoms with E-state index in [4.69, 9.17) is 9.26 Å². The molecule has 0 aromatic carbocycles. The predicted molar refractivity (Wildman–Crippen MR) is 78.3 cm³/mol. The fraction of sp³-hybridized carbons (Fsp3) is 0.231. The average Bonchev–Trinajstić information content (AvgIpc) is 3.15. The lowest BCUT2D eigenvalue weighted by atomic mass is 10.3. The van der Waals surface area contributed by atoms with E-state index in [1.54, 1.807) is 18.3 Å². The summed E-state index contributed by atoms with van der Waals surface area (Å²) in [6, 6.07) is 1.90. The van der Waals surface area contributed by atoms with Gasteiger partial charge in [0.15, 0.2) is 6.61 Å². The highest BCUT2D eigenvalue weighted by Gasteiger charge is 2.17. The number of nitrogens with zero attached hydrogens (tertiary/aromatic N) is 3. The summed E-state index contributed by atoms with van der Waals surface area (Å²) >= 11 is 2.86. The maximum atomic E-state index is 11.9. The number of thiazole rings is 1. The molecule has 0 spiro atoms.